The van der Waals surface area contributed by atoms with Gasteiger partial charge in [0.15, 0.2) is 5.13 Å². The Morgan fingerprint density at radius 1 is 1.21 bits per heavy atom. The molecule has 1 fully saturated rings. The molecule has 29 heavy (non-hydrogen) atoms. The molecule has 2 aromatic carbocycles. The van der Waals surface area contributed by atoms with E-state index < -0.39 is 0 Å². The molecule has 0 bridgehead atoms. The molecule has 1 N–H and O–H groups in total. The molecule has 0 atom stereocenters. The van der Waals surface area contributed by atoms with Gasteiger partial charge in [0.25, 0.3) is 0 Å². The van der Waals surface area contributed by atoms with Crippen molar-refractivity contribution in [2.45, 2.75) is 33.2 Å². The molecule has 3 aromatic rings. The van der Waals surface area contributed by atoms with Gasteiger partial charge in [-0.2, -0.15) is 0 Å². The Kier molecular flexibility index (Phi) is 6.07. The highest BCUT2D eigenvalue weighted by atomic mass is 32.1. The maximum absolute atomic E-state index is 12.2. The zero-order valence-corrected chi connectivity index (χ0v) is 17.8. The van der Waals surface area contributed by atoms with Crippen LogP contribution in [0.25, 0.3) is 16.3 Å². The topological polar surface area (TPSA) is 45.2 Å². The fraction of sp³-hybridized carbons (Fsp3) is 0.333. The third kappa shape index (κ3) is 5.31. The number of nitrogens with one attached hydrogen (secondary N) is 1. The fourth-order valence-electron chi connectivity index (χ4n) is 3.60. The van der Waals surface area contributed by atoms with Gasteiger partial charge in [-0.05, 0) is 68.1 Å². The molecule has 5 heteroatoms. The normalized spacial score (nSPS) is 15.9. The van der Waals surface area contributed by atoms with Crippen LogP contribution in [0.5, 0.6) is 0 Å². The van der Waals surface area contributed by atoms with Crippen LogP contribution in [0.3, 0.4) is 0 Å². The highest BCUT2D eigenvalue weighted by Gasteiger charge is 2.16. The van der Waals surface area contributed by atoms with Crippen molar-refractivity contribution in [3.05, 3.63) is 65.2 Å². The van der Waals surface area contributed by atoms with Crippen LogP contribution in [-0.4, -0.2) is 28.9 Å². The molecule has 1 aromatic heterocycles. The van der Waals surface area contributed by atoms with E-state index in [1.807, 2.05) is 37.3 Å². The van der Waals surface area contributed by atoms with E-state index in [1.165, 1.54) is 48.4 Å². The predicted molar refractivity (Wildman–Crippen MR) is 122 cm³/mol. The van der Waals surface area contributed by atoms with Crippen molar-refractivity contribution in [3.8, 4) is 0 Å². The van der Waals surface area contributed by atoms with Gasteiger partial charge in [0.2, 0.25) is 5.91 Å². The van der Waals surface area contributed by atoms with Gasteiger partial charge in [0.1, 0.15) is 0 Å². The highest BCUT2D eigenvalue weighted by Crippen LogP contribution is 2.28. The van der Waals surface area contributed by atoms with Crippen LogP contribution in [0.2, 0.25) is 0 Å². The first-order valence-corrected chi connectivity index (χ1v) is 11.0. The summed E-state index contributed by atoms with van der Waals surface area (Å²) in [4.78, 5) is 19.3. The second-order valence-corrected chi connectivity index (χ2v) is 9.04. The van der Waals surface area contributed by atoms with Gasteiger partial charge < -0.3 is 0 Å². The van der Waals surface area contributed by atoms with E-state index in [2.05, 4.69) is 40.3 Å². The number of benzene rings is 2. The van der Waals surface area contributed by atoms with Crippen molar-refractivity contribution >= 4 is 38.7 Å². The number of aryl methyl sites for hydroxylation is 1. The average Bonchev–Trinajstić information content (AvgIpc) is 3.11. The van der Waals surface area contributed by atoms with Crippen molar-refractivity contribution < 1.29 is 4.79 Å². The van der Waals surface area contributed by atoms with Crippen LogP contribution < -0.4 is 5.32 Å². The van der Waals surface area contributed by atoms with Crippen LogP contribution in [0, 0.1) is 12.8 Å². The molecule has 1 amide bonds. The standard InChI is InChI=1S/C24H27N3OS/c1-17-3-5-19(6-4-17)8-10-23(28)26-24-25-21-9-7-20(15-22(21)29-24)16-27-13-11-18(2)12-14-27/h3-10,15,18H,11-14,16H2,1-2H3,(H,25,26,28)/b10-8+. The molecule has 0 unspecified atom stereocenters. The molecule has 1 saturated heterocycles. The first-order chi connectivity index (χ1) is 14.0. The molecule has 4 nitrogen and oxygen atoms in total. The van der Waals surface area contributed by atoms with E-state index in [9.17, 15) is 4.79 Å². The Morgan fingerprint density at radius 2 is 1.97 bits per heavy atom. The number of carbonyl (C=O) groups excluding carboxylic acids is 1. The predicted octanol–water partition coefficient (Wildman–Crippen LogP) is 5.49. The summed E-state index contributed by atoms with van der Waals surface area (Å²) in [6.45, 7) is 7.73. The molecule has 1 aliphatic rings. The molecule has 150 valence electrons. The summed E-state index contributed by atoms with van der Waals surface area (Å²) < 4.78 is 1.12. The number of anilines is 1. The maximum Gasteiger partial charge on any atom is 0.250 e. The van der Waals surface area contributed by atoms with E-state index in [0.717, 1.165) is 28.2 Å². The van der Waals surface area contributed by atoms with Gasteiger partial charge in [0.05, 0.1) is 10.2 Å². The first-order valence-electron chi connectivity index (χ1n) is 10.2. The second kappa shape index (κ2) is 8.89. The highest BCUT2D eigenvalue weighted by molar-refractivity contribution is 7.22. The Labute approximate surface area is 176 Å². The minimum absolute atomic E-state index is 0.160. The molecular weight excluding hydrogens is 378 g/mol. The zero-order chi connectivity index (χ0) is 20.2. The Balaban J connectivity index is 1.39. The lowest BCUT2D eigenvalue weighted by atomic mass is 9.99. The van der Waals surface area contributed by atoms with Crippen LogP contribution in [0.4, 0.5) is 5.13 Å². The summed E-state index contributed by atoms with van der Waals surface area (Å²) >= 11 is 1.53. The van der Waals surface area contributed by atoms with Crippen molar-refractivity contribution in [2.24, 2.45) is 5.92 Å². The summed E-state index contributed by atoms with van der Waals surface area (Å²) in [6.07, 6.45) is 5.95. The van der Waals surface area contributed by atoms with E-state index in [4.69, 9.17) is 0 Å². The quantitative estimate of drug-likeness (QED) is 0.571. The van der Waals surface area contributed by atoms with E-state index in [1.54, 1.807) is 6.08 Å². The molecule has 0 radical (unpaired) electrons. The molecule has 0 spiro atoms. The SMILES string of the molecule is Cc1ccc(/C=C/C(=O)Nc2nc3ccc(CN4CCC(C)CC4)cc3s2)cc1. The molecule has 0 saturated carbocycles. The molecule has 4 rings (SSSR count). The van der Waals surface area contributed by atoms with E-state index in [-0.39, 0.29) is 5.91 Å². The number of hydrogen-bond acceptors (Lipinski definition) is 4. The number of amides is 1. The van der Waals surface area contributed by atoms with Crippen LogP contribution in [-0.2, 0) is 11.3 Å². The molecule has 2 heterocycles. The minimum atomic E-state index is -0.160. The summed E-state index contributed by atoms with van der Waals surface area (Å²) in [7, 11) is 0. The largest absolute Gasteiger partial charge is 0.299 e. The average molecular weight is 406 g/mol. The third-order valence-electron chi connectivity index (χ3n) is 5.47. The number of rotatable bonds is 5. The Bertz CT molecular complexity index is 1010. The number of likely N-dealkylation sites (tertiary alicyclic amines) is 1. The number of carbonyl (C=O) groups is 1. The summed E-state index contributed by atoms with van der Waals surface area (Å²) in [5.74, 6) is 0.689. The van der Waals surface area contributed by atoms with Crippen molar-refractivity contribution in [3.63, 3.8) is 0 Å². The van der Waals surface area contributed by atoms with Crippen molar-refractivity contribution in [2.75, 3.05) is 18.4 Å². The molecule has 0 aliphatic carbocycles. The van der Waals surface area contributed by atoms with Gasteiger partial charge in [-0.3, -0.25) is 15.0 Å². The van der Waals surface area contributed by atoms with Gasteiger partial charge in [-0.25, -0.2) is 4.98 Å². The fourth-order valence-corrected chi connectivity index (χ4v) is 4.53. The number of piperidine rings is 1. The lowest BCUT2D eigenvalue weighted by molar-refractivity contribution is -0.111. The van der Waals surface area contributed by atoms with Gasteiger partial charge in [0, 0.05) is 12.6 Å². The second-order valence-electron chi connectivity index (χ2n) is 8.01. The monoisotopic (exact) mass is 405 g/mol. The van der Waals surface area contributed by atoms with Gasteiger partial charge >= 0.3 is 0 Å². The van der Waals surface area contributed by atoms with Crippen molar-refractivity contribution in [1.82, 2.24) is 9.88 Å². The third-order valence-corrected chi connectivity index (χ3v) is 6.40. The minimum Gasteiger partial charge on any atom is -0.299 e. The van der Waals surface area contributed by atoms with Crippen LogP contribution >= 0.6 is 11.3 Å². The lowest BCUT2D eigenvalue weighted by Crippen LogP contribution is -2.32. The Hall–Kier alpha value is -2.50. The van der Waals surface area contributed by atoms with Crippen LogP contribution in [0.1, 0.15) is 36.5 Å². The number of fused-ring (bicyclic) bond motifs is 1. The summed E-state index contributed by atoms with van der Waals surface area (Å²) in [5.41, 5.74) is 4.46. The number of nitrogens with zero attached hydrogens (tertiary/aromatic N) is 2. The van der Waals surface area contributed by atoms with E-state index in [0.29, 0.717) is 5.13 Å². The number of aromatic nitrogens is 1. The number of thiazole rings is 1. The molecular formula is C24H27N3OS. The summed E-state index contributed by atoms with van der Waals surface area (Å²) in [5, 5.41) is 3.53. The number of hydrogen-bond donors (Lipinski definition) is 1. The van der Waals surface area contributed by atoms with Gasteiger partial charge in [-0.15, -0.1) is 0 Å². The van der Waals surface area contributed by atoms with Crippen molar-refractivity contribution in [1.29, 1.82) is 0 Å². The van der Waals surface area contributed by atoms with Gasteiger partial charge in [-0.1, -0.05) is 54.2 Å². The maximum atomic E-state index is 12.2. The van der Waals surface area contributed by atoms with E-state index >= 15 is 0 Å². The Morgan fingerprint density at radius 3 is 2.72 bits per heavy atom. The lowest BCUT2D eigenvalue weighted by Gasteiger charge is -2.30. The smallest absolute Gasteiger partial charge is 0.250 e. The first kappa shape index (κ1) is 19.8. The molecule has 1 aliphatic heterocycles. The zero-order valence-electron chi connectivity index (χ0n) is 17.0. The summed E-state index contributed by atoms with van der Waals surface area (Å²) in [6, 6.07) is 14.5. The van der Waals surface area contributed by atoms with Crippen LogP contribution in [0.15, 0.2) is 48.5 Å².